The van der Waals surface area contributed by atoms with Gasteiger partial charge in [0.25, 0.3) is 11.8 Å². The molecule has 1 N–H and O–H groups in total. The Labute approximate surface area is 343 Å². The number of aliphatic imine (C=N–C) groups is 1. The summed E-state index contributed by atoms with van der Waals surface area (Å²) in [6.07, 6.45) is 6.17. The number of carbonyl (C=O) groups excluding carboxylic acids is 2. The van der Waals surface area contributed by atoms with Crippen molar-refractivity contribution in [1.82, 2.24) is 9.80 Å². The van der Waals surface area contributed by atoms with E-state index in [1.165, 1.54) is 14.2 Å². The van der Waals surface area contributed by atoms with Crippen LogP contribution in [0.1, 0.15) is 65.0 Å². The van der Waals surface area contributed by atoms with Crippen molar-refractivity contribution < 1.29 is 43.1 Å². The number of benzene rings is 4. The van der Waals surface area contributed by atoms with Gasteiger partial charge in [-0.25, -0.2) is 0 Å². The van der Waals surface area contributed by atoms with E-state index in [1.807, 2.05) is 85.9 Å². The zero-order chi connectivity index (χ0) is 41.4. The van der Waals surface area contributed by atoms with Crippen LogP contribution >= 0.6 is 0 Å². The van der Waals surface area contributed by atoms with Crippen molar-refractivity contribution in [2.45, 2.75) is 57.5 Å². The van der Waals surface area contributed by atoms with Gasteiger partial charge in [-0.05, 0) is 78.9 Å². The molecule has 0 radical (unpaired) electrons. The number of aliphatic hydroxyl groups is 1. The lowest BCUT2D eigenvalue weighted by atomic mass is 10.0. The predicted molar refractivity (Wildman–Crippen MR) is 224 cm³/mol. The molecule has 4 heterocycles. The van der Waals surface area contributed by atoms with Crippen molar-refractivity contribution in [1.29, 1.82) is 0 Å². The second-order valence-electron chi connectivity index (χ2n) is 15.0. The Bertz CT molecular complexity index is 2340. The van der Waals surface area contributed by atoms with Crippen LogP contribution < -0.4 is 33.3 Å². The molecule has 4 aliphatic heterocycles. The molecule has 2 amide bonds. The summed E-state index contributed by atoms with van der Waals surface area (Å²) < 4.78 is 34.4. The van der Waals surface area contributed by atoms with Crippen molar-refractivity contribution in [2.75, 3.05) is 46.6 Å². The quantitative estimate of drug-likeness (QED) is 0.137. The molecule has 59 heavy (non-hydrogen) atoms. The van der Waals surface area contributed by atoms with Crippen LogP contribution in [0.2, 0.25) is 0 Å². The molecule has 4 aromatic rings. The summed E-state index contributed by atoms with van der Waals surface area (Å²) in [7, 11) is 6.33. The van der Waals surface area contributed by atoms with Gasteiger partial charge in [-0.2, -0.15) is 0 Å². The SMILES string of the molecule is COc1ccc(C2=CN3C(=O)c4cc(OC)c(OCCCOc5cc6c(cc5OC)C(=O)N5C=C(c7ccc(OC)cc7)CC5C(O)N6C(C)C)cc4N=CC3C2)cc1. The van der Waals surface area contributed by atoms with Gasteiger partial charge in [-0.15, -0.1) is 0 Å². The highest BCUT2D eigenvalue weighted by molar-refractivity contribution is 6.06. The van der Waals surface area contributed by atoms with Crippen LogP contribution in [0.4, 0.5) is 11.4 Å². The van der Waals surface area contributed by atoms with Crippen molar-refractivity contribution in [3.05, 3.63) is 107 Å². The van der Waals surface area contributed by atoms with E-state index in [1.54, 1.807) is 48.3 Å². The Balaban J connectivity index is 0.950. The molecular formula is C46H48N4O9. The minimum atomic E-state index is -0.984. The Morgan fingerprint density at radius 3 is 1.80 bits per heavy atom. The van der Waals surface area contributed by atoms with Crippen molar-refractivity contribution in [2.24, 2.45) is 4.99 Å². The Morgan fingerprint density at radius 2 is 1.22 bits per heavy atom. The van der Waals surface area contributed by atoms with E-state index in [-0.39, 0.29) is 37.1 Å². The molecule has 0 bridgehead atoms. The standard InChI is InChI=1S/C46H48N4O9/c1-27(2)50-38-23-43(41(57-6)21-36(38)45(52)49-26-31(19-39(49)46(50)53)29-10-14-34(55-4)15-11-29)59-17-7-16-58-42-22-37-35(20-40(42)56-5)44(51)48-25-30(18-32(48)24-47-37)28-8-12-33(54-3)13-9-28/h8-15,20-27,32,39,46,53H,7,16-19H2,1-6H3. The third kappa shape index (κ3) is 7.42. The first-order valence-corrected chi connectivity index (χ1v) is 19.7. The summed E-state index contributed by atoms with van der Waals surface area (Å²) in [5.41, 5.74) is 5.88. The number of carbonyl (C=O) groups is 2. The summed E-state index contributed by atoms with van der Waals surface area (Å²) in [5, 5.41) is 11.9. The third-order valence-electron chi connectivity index (χ3n) is 11.2. The lowest BCUT2D eigenvalue weighted by Crippen LogP contribution is -2.50. The van der Waals surface area contributed by atoms with E-state index in [4.69, 9.17) is 33.4 Å². The fourth-order valence-corrected chi connectivity index (χ4v) is 8.15. The fourth-order valence-electron chi connectivity index (χ4n) is 8.15. The molecule has 13 heteroatoms. The Hall–Kier alpha value is -6.47. The second kappa shape index (κ2) is 16.4. The van der Waals surface area contributed by atoms with Crippen molar-refractivity contribution >= 4 is 40.5 Å². The largest absolute Gasteiger partial charge is 0.497 e. The number of hydrogen-bond donors (Lipinski definition) is 1. The van der Waals surface area contributed by atoms with Gasteiger partial charge >= 0.3 is 0 Å². The Kier molecular flexibility index (Phi) is 11.0. The maximum atomic E-state index is 14.2. The summed E-state index contributed by atoms with van der Waals surface area (Å²) in [4.78, 5) is 38.0. The molecule has 0 aromatic heterocycles. The molecule has 3 atom stereocenters. The zero-order valence-electron chi connectivity index (χ0n) is 34.0. The van der Waals surface area contributed by atoms with Crippen LogP contribution in [0.5, 0.6) is 34.5 Å². The number of aliphatic hydroxyl groups excluding tert-OH is 1. The molecule has 4 aromatic carbocycles. The zero-order valence-corrected chi connectivity index (χ0v) is 34.0. The average molecular weight is 801 g/mol. The molecular weight excluding hydrogens is 753 g/mol. The van der Waals surface area contributed by atoms with Crippen LogP contribution in [0.15, 0.2) is 90.2 Å². The van der Waals surface area contributed by atoms with Gasteiger partial charge < -0.3 is 48.2 Å². The summed E-state index contributed by atoms with van der Waals surface area (Å²) in [6.45, 7) is 4.51. The minimum Gasteiger partial charge on any atom is -0.497 e. The molecule has 0 saturated heterocycles. The number of methoxy groups -OCH3 is 4. The maximum absolute atomic E-state index is 14.2. The van der Waals surface area contributed by atoms with Crippen LogP contribution in [0.3, 0.4) is 0 Å². The van der Waals surface area contributed by atoms with Gasteiger partial charge in [-0.1, -0.05) is 24.3 Å². The summed E-state index contributed by atoms with van der Waals surface area (Å²) in [5.74, 6) is 2.83. The highest BCUT2D eigenvalue weighted by atomic mass is 16.5. The van der Waals surface area contributed by atoms with Gasteiger partial charge in [0.15, 0.2) is 23.0 Å². The second-order valence-corrected chi connectivity index (χ2v) is 15.0. The number of anilines is 1. The molecule has 13 nitrogen and oxygen atoms in total. The number of rotatable bonds is 13. The highest BCUT2D eigenvalue weighted by Crippen LogP contribution is 2.44. The maximum Gasteiger partial charge on any atom is 0.260 e. The molecule has 0 aliphatic carbocycles. The summed E-state index contributed by atoms with van der Waals surface area (Å²) >= 11 is 0. The van der Waals surface area contributed by atoms with E-state index < -0.39 is 12.3 Å². The van der Waals surface area contributed by atoms with E-state index in [2.05, 4.69) is 0 Å². The van der Waals surface area contributed by atoms with Crippen LogP contribution in [-0.2, 0) is 0 Å². The van der Waals surface area contributed by atoms with Gasteiger partial charge in [0.2, 0.25) is 0 Å². The third-order valence-corrected chi connectivity index (χ3v) is 11.2. The van der Waals surface area contributed by atoms with Crippen molar-refractivity contribution in [3.63, 3.8) is 0 Å². The van der Waals surface area contributed by atoms with E-state index >= 15 is 0 Å². The monoisotopic (exact) mass is 800 g/mol. The van der Waals surface area contributed by atoms with Crippen molar-refractivity contribution in [3.8, 4) is 34.5 Å². The fraction of sp³-hybridized carbons (Fsp3) is 0.326. The van der Waals surface area contributed by atoms with Gasteiger partial charge in [0.05, 0.1) is 76.2 Å². The molecule has 0 saturated carbocycles. The Morgan fingerprint density at radius 1 is 0.678 bits per heavy atom. The molecule has 8 rings (SSSR count). The van der Waals surface area contributed by atoms with E-state index in [0.717, 1.165) is 33.8 Å². The molecule has 3 unspecified atom stereocenters. The van der Waals surface area contributed by atoms with Crippen LogP contribution in [-0.4, -0.2) is 98.9 Å². The molecule has 0 spiro atoms. The van der Waals surface area contributed by atoms with Crippen LogP contribution in [0.25, 0.3) is 11.1 Å². The lowest BCUT2D eigenvalue weighted by molar-refractivity contribution is 0.0563. The lowest BCUT2D eigenvalue weighted by Gasteiger charge is -2.37. The number of amides is 2. The topological polar surface area (TPSA) is 132 Å². The number of nitrogens with zero attached hydrogens (tertiary/aromatic N) is 4. The van der Waals surface area contributed by atoms with Crippen LogP contribution in [0, 0.1) is 0 Å². The number of hydrogen-bond acceptors (Lipinski definition) is 11. The average Bonchev–Trinajstić information content (AvgIpc) is 3.86. The normalized spacial score (nSPS) is 19.3. The first-order chi connectivity index (χ1) is 28.6. The van der Waals surface area contributed by atoms with Gasteiger partial charge in [0, 0.05) is 49.6 Å². The molecule has 4 aliphatic rings. The highest BCUT2D eigenvalue weighted by Gasteiger charge is 2.44. The molecule has 0 fully saturated rings. The van der Waals surface area contributed by atoms with Gasteiger partial charge in [-0.3, -0.25) is 14.6 Å². The first kappa shape index (κ1) is 39.4. The van der Waals surface area contributed by atoms with Gasteiger partial charge in [0.1, 0.15) is 17.7 Å². The number of ether oxygens (including phenoxy) is 6. The molecule has 306 valence electrons. The summed E-state index contributed by atoms with van der Waals surface area (Å²) in [6, 6.07) is 21.5. The predicted octanol–water partition coefficient (Wildman–Crippen LogP) is 7.34. The van der Waals surface area contributed by atoms with E-state index in [0.29, 0.717) is 64.8 Å². The minimum absolute atomic E-state index is 0.142. The first-order valence-electron chi connectivity index (χ1n) is 19.7. The number of fused-ring (bicyclic) bond motifs is 4. The smallest absolute Gasteiger partial charge is 0.260 e. The van der Waals surface area contributed by atoms with E-state index in [9.17, 15) is 14.7 Å².